The van der Waals surface area contributed by atoms with Crippen LogP contribution in [0.5, 0.6) is 0 Å². The topological polar surface area (TPSA) is 83.1 Å². The van der Waals surface area contributed by atoms with Crippen molar-refractivity contribution in [1.82, 2.24) is 9.88 Å². The molecule has 2 heterocycles. The van der Waals surface area contributed by atoms with Gasteiger partial charge in [0.15, 0.2) is 5.13 Å². The lowest BCUT2D eigenvalue weighted by Crippen LogP contribution is -2.39. The molecular formula is C30H35ClN4O4S2. The van der Waals surface area contributed by atoms with E-state index >= 15 is 0 Å². The number of anilines is 2. The molecule has 1 amide bonds. The van der Waals surface area contributed by atoms with E-state index in [0.717, 1.165) is 55.0 Å². The first-order valence-corrected chi connectivity index (χ1v) is 15.8. The van der Waals surface area contributed by atoms with Crippen LogP contribution in [0, 0.1) is 6.92 Å². The zero-order valence-electron chi connectivity index (χ0n) is 23.2. The number of hydrogen-bond acceptors (Lipinski definition) is 7. The molecular weight excluding hydrogens is 580 g/mol. The molecule has 0 bridgehead atoms. The number of thiazole rings is 1. The van der Waals surface area contributed by atoms with Gasteiger partial charge in [0.05, 0.1) is 34.0 Å². The summed E-state index contributed by atoms with van der Waals surface area (Å²) < 4.78 is 34.7. The molecule has 1 aliphatic rings. The number of aromatic nitrogens is 1. The van der Waals surface area contributed by atoms with E-state index < -0.39 is 10.0 Å². The third-order valence-corrected chi connectivity index (χ3v) is 10.0. The van der Waals surface area contributed by atoms with Gasteiger partial charge in [-0.3, -0.25) is 18.9 Å². The largest absolute Gasteiger partial charge is 0.379 e. The van der Waals surface area contributed by atoms with Crippen LogP contribution in [0.25, 0.3) is 10.2 Å². The highest BCUT2D eigenvalue weighted by Gasteiger charge is 2.26. The minimum absolute atomic E-state index is 0. The molecule has 0 spiro atoms. The number of carbonyl (C=O) groups is 1. The third-order valence-electron chi connectivity index (χ3n) is 7.07. The van der Waals surface area contributed by atoms with Crippen molar-refractivity contribution in [1.29, 1.82) is 0 Å². The molecule has 0 radical (unpaired) electrons. The number of nitrogens with zero attached hydrogens (tertiary/aromatic N) is 4. The summed E-state index contributed by atoms with van der Waals surface area (Å²) in [6.45, 7) is 8.73. The Hall–Kier alpha value is -3.02. The smallest absolute Gasteiger partial charge is 0.264 e. The number of ether oxygens (including phenoxy) is 1. The first-order chi connectivity index (χ1) is 19.4. The van der Waals surface area contributed by atoms with Crippen LogP contribution in [0.15, 0.2) is 77.7 Å². The number of rotatable bonds is 10. The quantitative estimate of drug-likeness (QED) is 0.231. The molecule has 1 aromatic heterocycles. The molecule has 4 aromatic rings. The Kier molecular flexibility index (Phi) is 10.4. The first kappa shape index (κ1) is 30.9. The summed E-state index contributed by atoms with van der Waals surface area (Å²) in [5, 5.41) is 0.647. The molecule has 5 rings (SSSR count). The number of amides is 1. The van der Waals surface area contributed by atoms with E-state index in [1.807, 2.05) is 43.3 Å². The van der Waals surface area contributed by atoms with E-state index in [9.17, 15) is 13.2 Å². The van der Waals surface area contributed by atoms with E-state index in [2.05, 4.69) is 4.90 Å². The highest BCUT2D eigenvalue weighted by atomic mass is 35.5. The van der Waals surface area contributed by atoms with Crippen molar-refractivity contribution in [3.63, 3.8) is 0 Å². The van der Waals surface area contributed by atoms with E-state index in [0.29, 0.717) is 29.5 Å². The lowest BCUT2D eigenvalue weighted by molar-refractivity contribution is 0.0376. The summed E-state index contributed by atoms with van der Waals surface area (Å²) in [4.78, 5) is 22.9. The van der Waals surface area contributed by atoms with E-state index in [1.165, 1.54) is 27.8 Å². The van der Waals surface area contributed by atoms with E-state index in [-0.39, 0.29) is 23.2 Å². The van der Waals surface area contributed by atoms with Gasteiger partial charge in [0, 0.05) is 38.3 Å². The molecule has 41 heavy (non-hydrogen) atoms. The van der Waals surface area contributed by atoms with Crippen LogP contribution in [-0.4, -0.2) is 70.1 Å². The third kappa shape index (κ3) is 6.90. The monoisotopic (exact) mass is 614 g/mol. The van der Waals surface area contributed by atoms with Crippen LogP contribution in [0.1, 0.15) is 29.3 Å². The second-order valence-electron chi connectivity index (χ2n) is 9.71. The summed E-state index contributed by atoms with van der Waals surface area (Å²) in [6, 6.07) is 21.3. The van der Waals surface area contributed by atoms with Gasteiger partial charge >= 0.3 is 0 Å². The summed E-state index contributed by atoms with van der Waals surface area (Å²) in [7, 11) is -3.79. The van der Waals surface area contributed by atoms with Crippen molar-refractivity contribution < 1.29 is 17.9 Å². The van der Waals surface area contributed by atoms with Crippen LogP contribution in [0.2, 0.25) is 0 Å². The molecule has 0 N–H and O–H groups in total. The molecule has 1 saturated heterocycles. The Morgan fingerprint density at radius 1 is 1.00 bits per heavy atom. The Morgan fingerprint density at radius 2 is 1.71 bits per heavy atom. The Bertz CT molecular complexity index is 1560. The summed E-state index contributed by atoms with van der Waals surface area (Å²) in [5.41, 5.74) is 2.98. The minimum atomic E-state index is -3.79. The summed E-state index contributed by atoms with van der Waals surface area (Å²) in [6.07, 6.45) is 0.787. The van der Waals surface area contributed by atoms with Gasteiger partial charge in [-0.15, -0.1) is 12.4 Å². The van der Waals surface area contributed by atoms with Gasteiger partial charge in [0.25, 0.3) is 15.9 Å². The highest BCUT2D eigenvalue weighted by Crippen LogP contribution is 2.32. The van der Waals surface area contributed by atoms with Gasteiger partial charge in [-0.2, -0.15) is 0 Å². The van der Waals surface area contributed by atoms with E-state index in [1.54, 1.807) is 36.1 Å². The standard InChI is InChI=1S/C30H34N4O4S2.ClH/c1-3-34(25-10-5-4-6-11-25)40(36,37)26-15-13-24(14-16-26)29(35)33(18-8-17-32-19-21-38-22-20-32)30-31-28-23(2)9-7-12-27(28)39-30;/h4-7,9-16H,3,8,17-22H2,1-2H3;1H. The van der Waals surface area contributed by atoms with Crippen LogP contribution >= 0.6 is 23.7 Å². The fraction of sp³-hybridized carbons (Fsp3) is 0.333. The molecule has 0 atom stereocenters. The maximum atomic E-state index is 13.9. The van der Waals surface area contributed by atoms with Crippen LogP contribution < -0.4 is 9.21 Å². The van der Waals surface area contributed by atoms with Gasteiger partial charge in [-0.25, -0.2) is 13.4 Å². The van der Waals surface area contributed by atoms with Crippen molar-refractivity contribution in [2.24, 2.45) is 0 Å². The number of halogens is 1. The average Bonchev–Trinajstić information content (AvgIpc) is 3.42. The van der Waals surface area contributed by atoms with Crippen molar-refractivity contribution in [3.05, 3.63) is 83.9 Å². The van der Waals surface area contributed by atoms with Gasteiger partial charge in [-0.05, 0) is 68.3 Å². The number of fused-ring (bicyclic) bond motifs is 1. The number of para-hydroxylation sites is 2. The molecule has 218 valence electrons. The molecule has 0 unspecified atom stereocenters. The Morgan fingerprint density at radius 3 is 2.37 bits per heavy atom. The Balaban J connectivity index is 0.00000387. The predicted octanol–water partition coefficient (Wildman–Crippen LogP) is 5.61. The maximum absolute atomic E-state index is 13.9. The van der Waals surface area contributed by atoms with Crippen molar-refractivity contribution >= 4 is 60.7 Å². The highest BCUT2D eigenvalue weighted by molar-refractivity contribution is 7.92. The van der Waals surface area contributed by atoms with Gasteiger partial charge in [-0.1, -0.05) is 41.7 Å². The maximum Gasteiger partial charge on any atom is 0.264 e. The fourth-order valence-electron chi connectivity index (χ4n) is 4.89. The van der Waals surface area contributed by atoms with Gasteiger partial charge in [0.2, 0.25) is 0 Å². The minimum Gasteiger partial charge on any atom is -0.379 e. The second kappa shape index (κ2) is 13.8. The number of benzene rings is 3. The van der Waals surface area contributed by atoms with Crippen LogP contribution in [0.3, 0.4) is 0 Å². The Labute approximate surface area is 252 Å². The number of carbonyl (C=O) groups excluding carboxylic acids is 1. The van der Waals surface area contributed by atoms with Gasteiger partial charge in [0.1, 0.15) is 0 Å². The molecule has 8 nitrogen and oxygen atoms in total. The van der Waals surface area contributed by atoms with Crippen LogP contribution in [0.4, 0.5) is 10.8 Å². The fourth-order valence-corrected chi connectivity index (χ4v) is 7.43. The first-order valence-electron chi connectivity index (χ1n) is 13.5. The summed E-state index contributed by atoms with van der Waals surface area (Å²) >= 11 is 1.50. The van der Waals surface area contributed by atoms with Crippen molar-refractivity contribution in [2.45, 2.75) is 25.2 Å². The van der Waals surface area contributed by atoms with E-state index in [4.69, 9.17) is 9.72 Å². The van der Waals surface area contributed by atoms with Crippen molar-refractivity contribution in [2.75, 3.05) is 55.1 Å². The SMILES string of the molecule is CCN(c1ccccc1)S(=O)(=O)c1ccc(C(=O)N(CCCN2CCOCC2)c2nc3c(C)cccc3s2)cc1.Cl. The average molecular weight is 615 g/mol. The lowest BCUT2D eigenvalue weighted by Gasteiger charge is -2.27. The number of sulfonamides is 1. The number of aryl methyl sites for hydroxylation is 1. The predicted molar refractivity (Wildman–Crippen MR) is 168 cm³/mol. The molecule has 1 fully saturated rings. The molecule has 11 heteroatoms. The number of morpholine rings is 1. The normalized spacial score (nSPS) is 14.0. The molecule has 3 aromatic carbocycles. The summed E-state index contributed by atoms with van der Waals surface area (Å²) in [5.74, 6) is -0.196. The molecule has 1 aliphatic heterocycles. The zero-order valence-corrected chi connectivity index (χ0v) is 25.7. The molecule has 0 saturated carbocycles. The number of hydrogen-bond donors (Lipinski definition) is 0. The van der Waals surface area contributed by atoms with Crippen LogP contribution in [-0.2, 0) is 14.8 Å². The zero-order chi connectivity index (χ0) is 28.1. The lowest BCUT2D eigenvalue weighted by atomic mass is 10.2. The van der Waals surface area contributed by atoms with Crippen molar-refractivity contribution in [3.8, 4) is 0 Å². The second-order valence-corrected chi connectivity index (χ2v) is 12.6. The van der Waals surface area contributed by atoms with Gasteiger partial charge < -0.3 is 4.74 Å². The molecule has 0 aliphatic carbocycles.